The Balaban J connectivity index is 3.50. The fourth-order valence-corrected chi connectivity index (χ4v) is 0.425. The molecular formula is C4H5O4P. The van der Waals surface area contributed by atoms with Gasteiger partial charge in [-0.3, -0.25) is 9.59 Å². The van der Waals surface area contributed by atoms with Crippen molar-refractivity contribution in [1.82, 2.24) is 0 Å². The molecule has 0 aliphatic rings. The van der Waals surface area contributed by atoms with Crippen molar-refractivity contribution >= 4 is 20.4 Å². The molecule has 0 N–H and O–H groups in total. The van der Waals surface area contributed by atoms with Gasteiger partial charge in [-0.1, -0.05) is 0 Å². The fourth-order valence-electron chi connectivity index (χ4n) is 0.277. The van der Waals surface area contributed by atoms with Crippen LogP contribution in [0, 0.1) is 0 Å². The van der Waals surface area contributed by atoms with Gasteiger partial charge in [0.1, 0.15) is 12.2 Å². The van der Waals surface area contributed by atoms with E-state index < -0.39 is 14.7 Å². The van der Waals surface area contributed by atoms with Crippen molar-refractivity contribution in [2.45, 2.75) is 13.3 Å². The highest BCUT2D eigenvalue weighted by molar-refractivity contribution is 7.18. The molecule has 0 saturated heterocycles. The van der Waals surface area contributed by atoms with E-state index in [1.54, 1.807) is 0 Å². The van der Waals surface area contributed by atoms with Crippen LogP contribution in [0.4, 0.5) is 0 Å². The maximum Gasteiger partial charge on any atom is 0.398 e. The lowest BCUT2D eigenvalue weighted by molar-refractivity contribution is -0.136. The largest absolute Gasteiger partial charge is 0.398 e. The topological polar surface area (TPSA) is 60.4 Å². The maximum atomic E-state index is 10.2. The lowest BCUT2D eigenvalue weighted by Gasteiger charge is -1.88. The third-order valence-corrected chi connectivity index (χ3v) is 0.811. The van der Waals surface area contributed by atoms with Crippen molar-refractivity contribution in [3.8, 4) is 0 Å². The Kier molecular flexibility index (Phi) is 3.80. The quantitative estimate of drug-likeness (QED) is 0.437. The highest BCUT2D eigenvalue weighted by atomic mass is 31.1. The van der Waals surface area contributed by atoms with E-state index in [1.165, 1.54) is 6.92 Å². The Bertz CT molecular complexity index is 142. The molecule has 9 heavy (non-hydrogen) atoms. The second-order valence-corrected chi connectivity index (χ2v) is 1.75. The first kappa shape index (κ1) is 8.24. The number of rotatable bonds is 3. The summed E-state index contributed by atoms with van der Waals surface area (Å²) in [5, 5.41) is 0. The van der Waals surface area contributed by atoms with Gasteiger partial charge < -0.3 is 4.52 Å². The number of carbonyl (C=O) groups is 2. The van der Waals surface area contributed by atoms with Gasteiger partial charge in [0.2, 0.25) is 0 Å². The van der Waals surface area contributed by atoms with E-state index in [1.807, 2.05) is 0 Å². The number of hydrogen-bond donors (Lipinski definition) is 0. The maximum absolute atomic E-state index is 10.2. The molecule has 0 aliphatic heterocycles. The molecule has 0 aromatic heterocycles. The average Bonchev–Trinajstić information content (AvgIpc) is 1.63. The predicted octanol–water partition coefficient (Wildman–Crippen LogP) is 0.715. The van der Waals surface area contributed by atoms with Crippen molar-refractivity contribution in [2.75, 3.05) is 0 Å². The summed E-state index contributed by atoms with van der Waals surface area (Å²) in [4.78, 5) is 20.3. The lowest BCUT2D eigenvalue weighted by atomic mass is 10.3. The molecule has 0 unspecified atom stereocenters. The minimum Gasteiger partial charge on any atom is -0.372 e. The highest BCUT2D eigenvalue weighted by Crippen LogP contribution is 1.97. The van der Waals surface area contributed by atoms with Gasteiger partial charge >= 0.3 is 14.7 Å². The van der Waals surface area contributed by atoms with Crippen LogP contribution in [0.3, 0.4) is 0 Å². The molecule has 50 valence electrons. The summed E-state index contributed by atoms with van der Waals surface area (Å²) < 4.78 is 13.4. The van der Waals surface area contributed by atoms with Gasteiger partial charge in [0, 0.05) is 0 Å². The summed E-state index contributed by atoms with van der Waals surface area (Å²) in [6.07, 6.45) is -0.310. The molecule has 0 aromatic carbocycles. The lowest BCUT2D eigenvalue weighted by Crippen LogP contribution is -2.02. The SMILES string of the molecule is CC(=O)CC(=O)OP=O. The zero-order valence-electron chi connectivity index (χ0n) is 4.79. The minimum absolute atomic E-state index is 0.302. The third-order valence-electron chi connectivity index (χ3n) is 0.532. The Morgan fingerprint density at radius 2 is 2.11 bits per heavy atom. The molecule has 0 heterocycles. The van der Waals surface area contributed by atoms with Gasteiger partial charge in [-0.25, -0.2) is 4.57 Å². The van der Waals surface area contributed by atoms with Crippen LogP contribution in [-0.4, -0.2) is 11.8 Å². The first-order valence-corrected chi connectivity index (χ1v) is 2.91. The van der Waals surface area contributed by atoms with Gasteiger partial charge in [-0.2, -0.15) is 0 Å². The van der Waals surface area contributed by atoms with E-state index >= 15 is 0 Å². The van der Waals surface area contributed by atoms with Gasteiger partial charge in [0.15, 0.2) is 0 Å². The van der Waals surface area contributed by atoms with Crippen molar-refractivity contribution in [2.24, 2.45) is 0 Å². The summed E-state index contributed by atoms with van der Waals surface area (Å²) in [6.45, 7) is 1.25. The molecule has 5 heteroatoms. The van der Waals surface area contributed by atoms with Crippen LogP contribution < -0.4 is 0 Å². The third kappa shape index (κ3) is 5.11. The summed E-state index contributed by atoms with van der Waals surface area (Å²) in [5.41, 5.74) is 0. The second kappa shape index (κ2) is 4.15. The van der Waals surface area contributed by atoms with Crippen LogP contribution in [0.2, 0.25) is 0 Å². The Labute approximate surface area is 53.5 Å². The second-order valence-electron chi connectivity index (χ2n) is 1.42. The van der Waals surface area contributed by atoms with E-state index in [4.69, 9.17) is 0 Å². The van der Waals surface area contributed by atoms with E-state index in [0.717, 1.165) is 0 Å². The van der Waals surface area contributed by atoms with Crippen molar-refractivity contribution in [3.63, 3.8) is 0 Å². The van der Waals surface area contributed by atoms with Gasteiger partial charge in [-0.05, 0) is 6.92 Å². The zero-order valence-corrected chi connectivity index (χ0v) is 5.68. The summed E-state index contributed by atoms with van der Waals surface area (Å²) in [5.74, 6) is -1.07. The highest BCUT2D eigenvalue weighted by Gasteiger charge is 2.04. The van der Waals surface area contributed by atoms with E-state index in [-0.39, 0.29) is 12.2 Å². The van der Waals surface area contributed by atoms with Crippen LogP contribution in [-0.2, 0) is 18.7 Å². The van der Waals surface area contributed by atoms with E-state index in [0.29, 0.717) is 0 Å². The molecular weight excluding hydrogens is 143 g/mol. The van der Waals surface area contributed by atoms with Crippen LogP contribution in [0.1, 0.15) is 13.3 Å². The van der Waals surface area contributed by atoms with Crippen molar-refractivity contribution in [3.05, 3.63) is 0 Å². The number of Topliss-reactive ketones (excluding diaryl/α,β-unsaturated/α-hetero) is 1. The number of carbonyl (C=O) groups excluding carboxylic acids is 2. The monoisotopic (exact) mass is 148 g/mol. The fraction of sp³-hybridized carbons (Fsp3) is 0.500. The summed E-state index contributed by atoms with van der Waals surface area (Å²) >= 11 is 0. The number of ketones is 1. The molecule has 0 spiro atoms. The molecule has 0 atom stereocenters. The van der Waals surface area contributed by atoms with Crippen molar-refractivity contribution in [1.29, 1.82) is 0 Å². The van der Waals surface area contributed by atoms with Crippen molar-refractivity contribution < 1.29 is 18.7 Å². The van der Waals surface area contributed by atoms with Gasteiger partial charge in [-0.15, -0.1) is 0 Å². The summed E-state index contributed by atoms with van der Waals surface area (Å²) in [6, 6.07) is 0. The van der Waals surface area contributed by atoms with E-state index in [2.05, 4.69) is 4.52 Å². The molecule has 0 radical (unpaired) electrons. The van der Waals surface area contributed by atoms with Crippen LogP contribution >= 0.6 is 8.69 Å². The molecule has 0 fully saturated rings. The first-order chi connectivity index (χ1) is 4.16. The smallest absolute Gasteiger partial charge is 0.372 e. The van der Waals surface area contributed by atoms with E-state index in [9.17, 15) is 14.2 Å². The van der Waals surface area contributed by atoms with Crippen LogP contribution in [0.15, 0.2) is 0 Å². The molecule has 0 bridgehead atoms. The minimum atomic E-state index is -0.765. The van der Waals surface area contributed by atoms with Crippen LogP contribution in [0.5, 0.6) is 0 Å². The Morgan fingerprint density at radius 3 is 2.44 bits per heavy atom. The Morgan fingerprint density at radius 1 is 1.56 bits per heavy atom. The average molecular weight is 148 g/mol. The molecule has 0 amide bonds. The normalized spacial score (nSPS) is 9.00. The Hall–Kier alpha value is -0.760. The molecule has 0 rings (SSSR count). The predicted molar refractivity (Wildman–Crippen MR) is 29.0 cm³/mol. The molecule has 4 nitrogen and oxygen atoms in total. The molecule has 0 saturated carbocycles. The number of hydrogen-bond acceptors (Lipinski definition) is 4. The molecule has 0 aliphatic carbocycles. The standard InChI is InChI=1S/C4H5O4P/c1-3(5)2-4(6)8-9-7/h2H2,1H3. The summed E-state index contributed by atoms with van der Waals surface area (Å²) in [7, 11) is -0.707. The van der Waals surface area contributed by atoms with Crippen LogP contribution in [0.25, 0.3) is 0 Å². The molecule has 0 aromatic rings. The van der Waals surface area contributed by atoms with Gasteiger partial charge in [0.25, 0.3) is 0 Å². The van der Waals surface area contributed by atoms with Gasteiger partial charge in [0.05, 0.1) is 0 Å². The zero-order chi connectivity index (χ0) is 7.28. The first-order valence-electron chi connectivity index (χ1n) is 2.18.